The Bertz CT molecular complexity index is 1390. The van der Waals surface area contributed by atoms with Gasteiger partial charge in [-0.15, -0.1) is 0 Å². The van der Waals surface area contributed by atoms with Crippen LogP contribution in [0.15, 0.2) is 72.3 Å². The maximum absolute atomic E-state index is 13.4. The fraction of sp³-hybridized carbons (Fsp3) is 0.333. The van der Waals surface area contributed by atoms with E-state index in [1.54, 1.807) is 19.2 Å². The molecule has 1 saturated heterocycles. The third kappa shape index (κ3) is 6.20. The zero-order valence-corrected chi connectivity index (χ0v) is 23.8. The first kappa shape index (κ1) is 28.9. The fourth-order valence-corrected chi connectivity index (χ4v) is 4.86. The van der Waals surface area contributed by atoms with Crippen molar-refractivity contribution < 1.29 is 28.9 Å². The zero-order valence-electron chi connectivity index (χ0n) is 23.8. The molecule has 0 aromatic heterocycles. The highest BCUT2D eigenvalue weighted by atomic mass is 16.5. The quantitative estimate of drug-likeness (QED) is 0.177. The van der Waals surface area contributed by atoms with Crippen molar-refractivity contribution in [2.45, 2.75) is 46.3 Å². The van der Waals surface area contributed by atoms with E-state index in [0.717, 1.165) is 16.9 Å². The molecule has 1 N–H and O–H groups in total. The van der Waals surface area contributed by atoms with Crippen LogP contribution in [0.25, 0.3) is 5.76 Å². The molecular formula is C33H37NO6. The number of benzene rings is 3. The van der Waals surface area contributed by atoms with Crippen LogP contribution in [0.5, 0.6) is 11.5 Å². The van der Waals surface area contributed by atoms with Gasteiger partial charge in [0.25, 0.3) is 11.7 Å². The number of aryl methyl sites for hydroxylation is 1. The summed E-state index contributed by atoms with van der Waals surface area (Å²) in [6.07, 6.45) is 0. The number of hydrogen-bond acceptors (Lipinski definition) is 6. The van der Waals surface area contributed by atoms with Gasteiger partial charge in [-0.3, -0.25) is 9.59 Å². The van der Waals surface area contributed by atoms with E-state index < -0.39 is 17.7 Å². The molecule has 7 heteroatoms. The number of nitrogens with zero attached hydrogens (tertiary/aromatic N) is 1. The molecule has 1 heterocycles. The summed E-state index contributed by atoms with van der Waals surface area (Å²) in [4.78, 5) is 28.0. The van der Waals surface area contributed by atoms with Crippen molar-refractivity contribution >= 4 is 17.4 Å². The van der Waals surface area contributed by atoms with Gasteiger partial charge >= 0.3 is 0 Å². The summed E-state index contributed by atoms with van der Waals surface area (Å²) in [5.41, 5.74) is 4.25. The highest BCUT2D eigenvalue weighted by Crippen LogP contribution is 2.41. The number of hydrogen-bond donors (Lipinski definition) is 1. The molecule has 210 valence electrons. The summed E-state index contributed by atoms with van der Waals surface area (Å²) in [5, 5.41) is 11.5. The predicted octanol–water partition coefficient (Wildman–Crippen LogP) is 6.16. The second kappa shape index (κ2) is 12.8. The number of amides is 1. The molecule has 1 amide bonds. The van der Waals surface area contributed by atoms with Crippen molar-refractivity contribution in [3.8, 4) is 11.5 Å². The molecule has 3 aromatic rings. The van der Waals surface area contributed by atoms with Gasteiger partial charge in [-0.05, 0) is 66.8 Å². The van der Waals surface area contributed by atoms with Crippen molar-refractivity contribution in [2.75, 3.05) is 26.9 Å². The van der Waals surface area contributed by atoms with Gasteiger partial charge in [0.2, 0.25) is 0 Å². The zero-order chi connectivity index (χ0) is 28.8. The standard InChI is InChI=1S/C33H37NO6/c1-6-39-28-15-14-25(19-27(28)21(2)3)31(35)29-30(34(16-17-38-5)33(37)32(29)36)24-8-7-9-26(18-24)40-20-23-12-10-22(4)11-13-23/h7-15,18-19,21,30,35H,6,16-17,20H2,1-5H3/b31-29+. The average Bonchev–Trinajstić information content (AvgIpc) is 3.20. The lowest BCUT2D eigenvalue weighted by molar-refractivity contribution is -0.140. The molecule has 1 fully saturated rings. The highest BCUT2D eigenvalue weighted by Gasteiger charge is 2.46. The number of rotatable bonds is 11. The van der Waals surface area contributed by atoms with Gasteiger partial charge in [0, 0.05) is 19.2 Å². The van der Waals surface area contributed by atoms with Gasteiger partial charge in [0.1, 0.15) is 23.9 Å². The lowest BCUT2D eigenvalue weighted by atomic mass is 9.93. The smallest absolute Gasteiger partial charge is 0.295 e. The van der Waals surface area contributed by atoms with Gasteiger partial charge < -0.3 is 24.2 Å². The van der Waals surface area contributed by atoms with E-state index in [2.05, 4.69) is 0 Å². The molecule has 0 radical (unpaired) electrons. The van der Waals surface area contributed by atoms with Gasteiger partial charge in [0.15, 0.2) is 0 Å². The molecule has 0 bridgehead atoms. The van der Waals surface area contributed by atoms with Crippen molar-refractivity contribution in [3.63, 3.8) is 0 Å². The van der Waals surface area contributed by atoms with Crippen LogP contribution in [0, 0.1) is 6.92 Å². The minimum absolute atomic E-state index is 0.0376. The maximum Gasteiger partial charge on any atom is 0.295 e. The summed E-state index contributed by atoms with van der Waals surface area (Å²) in [5.74, 6) is -0.187. The van der Waals surface area contributed by atoms with Gasteiger partial charge in [-0.2, -0.15) is 0 Å². The summed E-state index contributed by atoms with van der Waals surface area (Å²) in [6.45, 7) is 9.34. The number of ketones is 1. The van der Waals surface area contributed by atoms with Crippen LogP contribution in [0.3, 0.4) is 0 Å². The van der Waals surface area contributed by atoms with E-state index in [1.807, 2.05) is 82.3 Å². The van der Waals surface area contributed by atoms with Crippen LogP contribution in [0.4, 0.5) is 0 Å². The maximum atomic E-state index is 13.4. The molecule has 1 aliphatic rings. The van der Waals surface area contributed by atoms with E-state index in [4.69, 9.17) is 14.2 Å². The first-order valence-electron chi connectivity index (χ1n) is 13.6. The Hall–Kier alpha value is -4.10. The topological polar surface area (TPSA) is 85.3 Å². The van der Waals surface area contributed by atoms with E-state index in [1.165, 1.54) is 10.5 Å². The van der Waals surface area contributed by atoms with Crippen molar-refractivity contribution in [1.82, 2.24) is 4.90 Å². The van der Waals surface area contributed by atoms with Crippen molar-refractivity contribution in [3.05, 3.63) is 100 Å². The number of carbonyl (C=O) groups is 2. The van der Waals surface area contributed by atoms with Crippen LogP contribution in [-0.2, 0) is 20.9 Å². The fourth-order valence-electron chi connectivity index (χ4n) is 4.86. The van der Waals surface area contributed by atoms with Crippen molar-refractivity contribution in [1.29, 1.82) is 0 Å². The minimum atomic E-state index is -0.799. The number of aliphatic hydroxyl groups excluding tert-OH is 1. The molecule has 3 aromatic carbocycles. The van der Waals surface area contributed by atoms with E-state index in [-0.39, 0.29) is 30.4 Å². The van der Waals surface area contributed by atoms with Gasteiger partial charge in [0.05, 0.1) is 24.8 Å². The molecule has 40 heavy (non-hydrogen) atoms. The van der Waals surface area contributed by atoms with Crippen molar-refractivity contribution in [2.24, 2.45) is 0 Å². The van der Waals surface area contributed by atoms with E-state index in [0.29, 0.717) is 30.1 Å². The number of carbonyl (C=O) groups excluding carboxylic acids is 2. The molecule has 7 nitrogen and oxygen atoms in total. The monoisotopic (exact) mass is 543 g/mol. The highest BCUT2D eigenvalue weighted by molar-refractivity contribution is 6.46. The van der Waals surface area contributed by atoms with E-state index in [9.17, 15) is 14.7 Å². The Kier molecular flexibility index (Phi) is 9.27. The van der Waals surface area contributed by atoms with Crippen LogP contribution >= 0.6 is 0 Å². The third-order valence-electron chi connectivity index (χ3n) is 6.98. The summed E-state index contributed by atoms with van der Waals surface area (Å²) < 4.78 is 17.1. The molecule has 4 rings (SSSR count). The number of aliphatic hydroxyl groups is 1. The molecule has 1 unspecified atom stereocenters. The SMILES string of the molecule is CCOc1ccc(/C(O)=C2\C(=O)C(=O)N(CCOC)C2c2cccc(OCc3ccc(C)cc3)c2)cc1C(C)C. The summed E-state index contributed by atoms with van der Waals surface area (Å²) in [7, 11) is 1.54. The van der Waals surface area contributed by atoms with Crippen LogP contribution in [0.2, 0.25) is 0 Å². The minimum Gasteiger partial charge on any atom is -0.507 e. The first-order chi connectivity index (χ1) is 19.2. The van der Waals surface area contributed by atoms with Gasteiger partial charge in [-0.1, -0.05) is 55.8 Å². The Morgan fingerprint density at radius 2 is 1.75 bits per heavy atom. The average molecular weight is 544 g/mol. The summed E-state index contributed by atoms with van der Waals surface area (Å²) in [6, 6.07) is 19.9. The van der Waals surface area contributed by atoms with E-state index >= 15 is 0 Å². The number of Topliss-reactive ketones (excluding diaryl/α,β-unsaturated/α-hetero) is 1. The Labute approximate surface area is 236 Å². The second-order valence-corrected chi connectivity index (χ2v) is 10.2. The number of ether oxygens (including phenoxy) is 3. The number of methoxy groups -OCH3 is 1. The first-order valence-corrected chi connectivity index (χ1v) is 13.6. The van der Waals surface area contributed by atoms with Crippen LogP contribution in [0.1, 0.15) is 60.5 Å². The number of likely N-dealkylation sites (tertiary alicyclic amines) is 1. The van der Waals surface area contributed by atoms with Crippen LogP contribution < -0.4 is 9.47 Å². The molecule has 1 atom stereocenters. The third-order valence-corrected chi connectivity index (χ3v) is 6.98. The normalized spacial score (nSPS) is 16.6. The molecule has 0 spiro atoms. The van der Waals surface area contributed by atoms with Gasteiger partial charge in [-0.25, -0.2) is 0 Å². The Morgan fingerprint density at radius 3 is 2.42 bits per heavy atom. The largest absolute Gasteiger partial charge is 0.507 e. The molecular weight excluding hydrogens is 506 g/mol. The van der Waals surface area contributed by atoms with Crippen LogP contribution in [-0.4, -0.2) is 48.6 Å². The molecule has 0 saturated carbocycles. The Balaban J connectivity index is 1.75. The summed E-state index contributed by atoms with van der Waals surface area (Å²) >= 11 is 0. The Morgan fingerprint density at radius 1 is 1.00 bits per heavy atom. The second-order valence-electron chi connectivity index (χ2n) is 10.2. The lowest BCUT2D eigenvalue weighted by Crippen LogP contribution is -2.32. The lowest BCUT2D eigenvalue weighted by Gasteiger charge is -2.25. The predicted molar refractivity (Wildman–Crippen MR) is 155 cm³/mol. The molecule has 1 aliphatic heterocycles. The molecule has 0 aliphatic carbocycles.